The average Bonchev–Trinajstić information content (AvgIpc) is 2.30. The SMILES string of the molecule is Cc1c(N)cccc1C(=O)N(C)C(C)(C)CO. The molecule has 0 aliphatic heterocycles. The Morgan fingerprint density at radius 3 is 2.59 bits per heavy atom. The van der Waals surface area contributed by atoms with E-state index in [0.717, 1.165) is 5.56 Å². The quantitative estimate of drug-likeness (QED) is 0.780. The molecule has 0 saturated heterocycles. The van der Waals surface area contributed by atoms with E-state index in [1.54, 1.807) is 25.2 Å². The van der Waals surface area contributed by atoms with E-state index in [1.165, 1.54) is 4.90 Å². The van der Waals surface area contributed by atoms with Gasteiger partial charge >= 0.3 is 0 Å². The molecule has 0 fully saturated rings. The van der Waals surface area contributed by atoms with Crippen LogP contribution in [0.15, 0.2) is 18.2 Å². The molecule has 94 valence electrons. The number of aliphatic hydroxyl groups is 1. The standard InChI is InChI=1S/C13H20N2O2/c1-9-10(6-5-7-11(9)14)12(17)15(4)13(2,3)8-16/h5-7,16H,8,14H2,1-4H3. The number of nitrogen functional groups attached to an aromatic ring is 1. The summed E-state index contributed by atoms with van der Waals surface area (Å²) in [5.41, 5.74) is 7.15. The van der Waals surface area contributed by atoms with Gasteiger partial charge in [0.05, 0.1) is 12.1 Å². The van der Waals surface area contributed by atoms with Crippen molar-refractivity contribution in [1.82, 2.24) is 4.90 Å². The predicted octanol–water partition coefficient (Wildman–Crippen LogP) is 1.42. The molecule has 0 saturated carbocycles. The zero-order valence-electron chi connectivity index (χ0n) is 10.8. The van der Waals surface area contributed by atoms with Crippen LogP contribution < -0.4 is 5.73 Å². The van der Waals surface area contributed by atoms with Crippen LogP contribution in [0.3, 0.4) is 0 Å². The number of nitrogens with zero attached hydrogens (tertiary/aromatic N) is 1. The summed E-state index contributed by atoms with van der Waals surface area (Å²) in [5, 5.41) is 9.27. The first kappa shape index (κ1) is 13.5. The molecule has 0 bridgehead atoms. The van der Waals surface area contributed by atoms with E-state index in [-0.39, 0.29) is 12.5 Å². The van der Waals surface area contributed by atoms with Crippen molar-refractivity contribution in [2.45, 2.75) is 26.3 Å². The molecule has 0 aliphatic rings. The Bertz CT molecular complexity index is 427. The number of aliphatic hydroxyl groups excluding tert-OH is 1. The normalized spacial score (nSPS) is 11.4. The van der Waals surface area contributed by atoms with Gasteiger partial charge in [0.15, 0.2) is 0 Å². The summed E-state index contributed by atoms with van der Waals surface area (Å²) in [5.74, 6) is -0.131. The van der Waals surface area contributed by atoms with Crippen LogP contribution in [0.2, 0.25) is 0 Å². The minimum atomic E-state index is -0.589. The van der Waals surface area contributed by atoms with Crippen molar-refractivity contribution in [1.29, 1.82) is 0 Å². The second kappa shape index (κ2) is 4.75. The lowest BCUT2D eigenvalue weighted by Crippen LogP contribution is -2.47. The Morgan fingerprint density at radius 2 is 2.06 bits per heavy atom. The van der Waals surface area contributed by atoms with E-state index in [1.807, 2.05) is 20.8 Å². The van der Waals surface area contributed by atoms with Crippen LogP contribution in [0.4, 0.5) is 5.69 Å². The zero-order chi connectivity index (χ0) is 13.2. The fourth-order valence-electron chi connectivity index (χ4n) is 1.45. The van der Waals surface area contributed by atoms with Gasteiger partial charge in [-0.25, -0.2) is 0 Å². The highest BCUT2D eigenvalue weighted by Gasteiger charge is 2.28. The number of rotatable bonds is 3. The molecule has 1 amide bonds. The monoisotopic (exact) mass is 236 g/mol. The largest absolute Gasteiger partial charge is 0.398 e. The predicted molar refractivity (Wildman–Crippen MR) is 68.8 cm³/mol. The molecule has 0 spiro atoms. The molecular formula is C13H20N2O2. The number of amides is 1. The summed E-state index contributed by atoms with van der Waals surface area (Å²) in [6.07, 6.45) is 0. The van der Waals surface area contributed by atoms with Crippen molar-refractivity contribution in [2.75, 3.05) is 19.4 Å². The Morgan fingerprint density at radius 1 is 1.47 bits per heavy atom. The van der Waals surface area contributed by atoms with Crippen molar-refractivity contribution >= 4 is 11.6 Å². The lowest BCUT2D eigenvalue weighted by atomic mass is 10.0. The molecular weight excluding hydrogens is 216 g/mol. The maximum Gasteiger partial charge on any atom is 0.254 e. The minimum Gasteiger partial charge on any atom is -0.398 e. The molecule has 17 heavy (non-hydrogen) atoms. The zero-order valence-corrected chi connectivity index (χ0v) is 10.8. The van der Waals surface area contributed by atoms with E-state index >= 15 is 0 Å². The van der Waals surface area contributed by atoms with Gasteiger partial charge in [-0.15, -0.1) is 0 Å². The molecule has 3 N–H and O–H groups in total. The minimum absolute atomic E-state index is 0.0867. The number of nitrogens with two attached hydrogens (primary N) is 1. The van der Waals surface area contributed by atoms with Crippen LogP contribution in [0.25, 0.3) is 0 Å². The summed E-state index contributed by atoms with van der Waals surface area (Å²) in [4.78, 5) is 13.8. The first-order valence-corrected chi connectivity index (χ1v) is 5.55. The number of carbonyl (C=O) groups excluding carboxylic acids is 1. The third-order valence-electron chi connectivity index (χ3n) is 3.21. The van der Waals surface area contributed by atoms with Crippen LogP contribution in [-0.2, 0) is 0 Å². The number of carbonyl (C=O) groups is 1. The fourth-order valence-corrected chi connectivity index (χ4v) is 1.45. The summed E-state index contributed by atoms with van der Waals surface area (Å²) < 4.78 is 0. The Labute approximate surface area is 102 Å². The molecule has 1 aromatic carbocycles. The first-order valence-electron chi connectivity index (χ1n) is 5.55. The molecule has 0 heterocycles. The van der Waals surface area contributed by atoms with E-state index in [2.05, 4.69) is 0 Å². The van der Waals surface area contributed by atoms with Gasteiger partial charge in [0.2, 0.25) is 0 Å². The molecule has 0 aromatic heterocycles. The third kappa shape index (κ3) is 2.58. The smallest absolute Gasteiger partial charge is 0.254 e. The van der Waals surface area contributed by atoms with Gasteiger partial charge in [-0.2, -0.15) is 0 Å². The molecule has 0 atom stereocenters. The Hall–Kier alpha value is -1.55. The maximum atomic E-state index is 12.3. The number of benzene rings is 1. The highest BCUT2D eigenvalue weighted by molar-refractivity contribution is 5.97. The van der Waals surface area contributed by atoms with Crippen LogP contribution in [0.1, 0.15) is 29.8 Å². The van der Waals surface area contributed by atoms with Gasteiger partial charge in [-0.3, -0.25) is 4.79 Å². The van der Waals surface area contributed by atoms with Gasteiger partial charge in [-0.05, 0) is 38.5 Å². The maximum absolute atomic E-state index is 12.3. The van der Waals surface area contributed by atoms with Crippen LogP contribution in [-0.4, -0.2) is 35.1 Å². The van der Waals surface area contributed by atoms with Crippen LogP contribution >= 0.6 is 0 Å². The molecule has 0 radical (unpaired) electrons. The van der Waals surface area contributed by atoms with Crippen molar-refractivity contribution in [3.8, 4) is 0 Å². The Kier molecular flexibility index (Phi) is 3.78. The van der Waals surface area contributed by atoms with Crippen molar-refractivity contribution in [3.05, 3.63) is 29.3 Å². The number of hydrogen-bond donors (Lipinski definition) is 2. The second-order valence-electron chi connectivity index (χ2n) is 4.85. The number of hydrogen-bond acceptors (Lipinski definition) is 3. The van der Waals surface area contributed by atoms with E-state index in [9.17, 15) is 9.90 Å². The number of likely N-dealkylation sites (N-methyl/N-ethyl adjacent to an activating group) is 1. The summed E-state index contributed by atoms with van der Waals surface area (Å²) in [6, 6.07) is 5.27. The van der Waals surface area contributed by atoms with Crippen molar-refractivity contribution < 1.29 is 9.90 Å². The summed E-state index contributed by atoms with van der Waals surface area (Å²) in [7, 11) is 1.68. The van der Waals surface area contributed by atoms with Crippen LogP contribution in [0.5, 0.6) is 0 Å². The molecule has 1 aromatic rings. The molecule has 0 aliphatic carbocycles. The van der Waals surface area contributed by atoms with Gasteiger partial charge in [0.25, 0.3) is 5.91 Å². The van der Waals surface area contributed by atoms with E-state index in [4.69, 9.17) is 5.73 Å². The third-order valence-corrected chi connectivity index (χ3v) is 3.21. The topological polar surface area (TPSA) is 66.6 Å². The molecule has 1 rings (SSSR count). The summed E-state index contributed by atoms with van der Waals surface area (Å²) >= 11 is 0. The van der Waals surface area contributed by atoms with E-state index in [0.29, 0.717) is 11.3 Å². The average molecular weight is 236 g/mol. The lowest BCUT2D eigenvalue weighted by molar-refractivity contribution is 0.0472. The highest BCUT2D eigenvalue weighted by atomic mass is 16.3. The van der Waals surface area contributed by atoms with Gasteiger partial charge in [0.1, 0.15) is 0 Å². The highest BCUT2D eigenvalue weighted by Crippen LogP contribution is 2.20. The van der Waals surface area contributed by atoms with Crippen LogP contribution in [0, 0.1) is 6.92 Å². The van der Waals surface area contributed by atoms with Gasteiger partial charge in [-0.1, -0.05) is 6.07 Å². The Balaban J connectivity index is 3.09. The summed E-state index contributed by atoms with van der Waals surface area (Å²) in [6.45, 7) is 5.36. The lowest BCUT2D eigenvalue weighted by Gasteiger charge is -2.34. The first-order chi connectivity index (χ1) is 7.81. The molecule has 0 unspecified atom stereocenters. The fraction of sp³-hybridized carbons (Fsp3) is 0.462. The van der Waals surface area contributed by atoms with E-state index < -0.39 is 5.54 Å². The van der Waals surface area contributed by atoms with Crippen molar-refractivity contribution in [3.63, 3.8) is 0 Å². The van der Waals surface area contributed by atoms with Gasteiger partial charge < -0.3 is 15.7 Å². The second-order valence-corrected chi connectivity index (χ2v) is 4.85. The van der Waals surface area contributed by atoms with Crippen molar-refractivity contribution in [2.24, 2.45) is 0 Å². The number of anilines is 1. The molecule has 4 nitrogen and oxygen atoms in total. The molecule has 4 heteroatoms. The van der Waals surface area contributed by atoms with Gasteiger partial charge in [0, 0.05) is 18.3 Å².